The van der Waals surface area contributed by atoms with Gasteiger partial charge in [0.15, 0.2) is 0 Å². The fourth-order valence-corrected chi connectivity index (χ4v) is 4.14. The second-order valence-corrected chi connectivity index (χ2v) is 8.37. The summed E-state index contributed by atoms with van der Waals surface area (Å²) in [6, 6.07) is 6.50. The van der Waals surface area contributed by atoms with Crippen molar-refractivity contribution in [1.82, 2.24) is 5.32 Å². The van der Waals surface area contributed by atoms with E-state index < -0.39 is 21.5 Å². The number of carbonyl (C=O) groups excluding carboxylic acids is 1. The van der Waals surface area contributed by atoms with Crippen LogP contribution in [0.2, 0.25) is 5.02 Å². The normalized spacial score (nSPS) is 17.4. The molecule has 1 aliphatic rings. The van der Waals surface area contributed by atoms with Crippen molar-refractivity contribution in [1.29, 1.82) is 5.26 Å². The number of hydrogen-bond acceptors (Lipinski definition) is 4. The molecule has 0 aliphatic carbocycles. The zero-order chi connectivity index (χ0) is 17.3. The molecule has 1 N–H and O–H groups in total. The Balaban J connectivity index is 2.36. The summed E-state index contributed by atoms with van der Waals surface area (Å²) in [6.45, 7) is 3.52. The van der Waals surface area contributed by atoms with Gasteiger partial charge >= 0.3 is 0 Å². The van der Waals surface area contributed by atoms with E-state index in [0.29, 0.717) is 18.7 Å². The molecule has 0 saturated carbocycles. The third-order valence-corrected chi connectivity index (χ3v) is 5.74. The maximum Gasteiger partial charge on any atom is 0.254 e. The standard InChI is InChI=1S/C15H18ClN3O3S/c1-15(2,10-17)18-14(20)12-9-11(5-6-13(12)16)19-7-3-4-8-23(19,21)22/h5-6,9H,3-4,7-8H2,1-2H3,(H,18,20). The Labute approximate surface area is 141 Å². The van der Waals surface area contributed by atoms with Gasteiger partial charge in [0.2, 0.25) is 10.0 Å². The minimum absolute atomic E-state index is 0.0959. The van der Waals surface area contributed by atoms with Gasteiger partial charge in [-0.2, -0.15) is 5.26 Å². The fourth-order valence-electron chi connectivity index (χ4n) is 2.30. The molecule has 6 nitrogen and oxygen atoms in total. The highest BCUT2D eigenvalue weighted by Crippen LogP contribution is 2.28. The van der Waals surface area contributed by atoms with Crippen molar-refractivity contribution < 1.29 is 13.2 Å². The minimum Gasteiger partial charge on any atom is -0.334 e. The van der Waals surface area contributed by atoms with Crippen molar-refractivity contribution in [2.75, 3.05) is 16.6 Å². The second-order valence-electron chi connectivity index (χ2n) is 5.95. The van der Waals surface area contributed by atoms with E-state index >= 15 is 0 Å². The highest BCUT2D eigenvalue weighted by atomic mass is 35.5. The van der Waals surface area contributed by atoms with E-state index in [1.807, 2.05) is 6.07 Å². The molecule has 0 aromatic heterocycles. The Kier molecular flexibility index (Phi) is 4.87. The maximum atomic E-state index is 12.3. The molecule has 0 spiro atoms. The number of benzene rings is 1. The van der Waals surface area contributed by atoms with E-state index in [1.165, 1.54) is 16.4 Å². The third kappa shape index (κ3) is 3.95. The summed E-state index contributed by atoms with van der Waals surface area (Å²) in [5, 5.41) is 11.8. The van der Waals surface area contributed by atoms with Crippen LogP contribution >= 0.6 is 11.6 Å². The molecule has 2 rings (SSSR count). The van der Waals surface area contributed by atoms with E-state index in [9.17, 15) is 13.2 Å². The van der Waals surface area contributed by atoms with Crippen LogP contribution in [0, 0.1) is 11.3 Å². The highest BCUT2D eigenvalue weighted by molar-refractivity contribution is 7.92. The molecule has 0 bridgehead atoms. The SMILES string of the molecule is CC(C)(C#N)NC(=O)c1cc(N2CCCCS2(=O)=O)ccc1Cl. The highest BCUT2D eigenvalue weighted by Gasteiger charge is 2.28. The number of anilines is 1. The average Bonchev–Trinajstić information content (AvgIpc) is 2.47. The molecule has 1 saturated heterocycles. The van der Waals surface area contributed by atoms with Crippen molar-refractivity contribution in [2.24, 2.45) is 0 Å². The Morgan fingerprint density at radius 2 is 2.09 bits per heavy atom. The number of sulfonamides is 1. The van der Waals surface area contributed by atoms with Gasteiger partial charge in [0.1, 0.15) is 5.54 Å². The van der Waals surface area contributed by atoms with Gasteiger partial charge in [-0.3, -0.25) is 9.10 Å². The summed E-state index contributed by atoms with van der Waals surface area (Å²) in [7, 11) is -3.37. The second kappa shape index (κ2) is 6.38. The van der Waals surface area contributed by atoms with Gasteiger partial charge in [-0.25, -0.2) is 8.42 Å². The van der Waals surface area contributed by atoms with E-state index in [0.717, 1.165) is 6.42 Å². The number of nitriles is 1. The zero-order valence-electron chi connectivity index (χ0n) is 13.0. The van der Waals surface area contributed by atoms with E-state index in [2.05, 4.69) is 5.32 Å². The zero-order valence-corrected chi connectivity index (χ0v) is 14.5. The first-order valence-electron chi connectivity index (χ1n) is 7.20. The number of carbonyl (C=O) groups is 1. The van der Waals surface area contributed by atoms with E-state index in [1.54, 1.807) is 19.9 Å². The fraction of sp³-hybridized carbons (Fsp3) is 0.467. The monoisotopic (exact) mass is 355 g/mol. The summed E-state index contributed by atoms with van der Waals surface area (Å²) in [4.78, 5) is 12.3. The lowest BCUT2D eigenvalue weighted by molar-refractivity contribution is 0.0929. The Morgan fingerprint density at radius 3 is 2.70 bits per heavy atom. The Morgan fingerprint density at radius 1 is 1.39 bits per heavy atom. The summed E-state index contributed by atoms with van der Waals surface area (Å²) in [6.07, 6.45) is 1.40. The first kappa shape index (κ1) is 17.6. The Hall–Kier alpha value is -1.78. The number of nitrogens with one attached hydrogen (secondary N) is 1. The Bertz CT molecular complexity index is 769. The van der Waals surface area contributed by atoms with Crippen molar-refractivity contribution in [3.8, 4) is 6.07 Å². The van der Waals surface area contributed by atoms with Crippen molar-refractivity contribution in [3.63, 3.8) is 0 Å². The number of halogens is 1. The summed E-state index contributed by atoms with van der Waals surface area (Å²) in [5.41, 5.74) is -0.490. The van der Waals surface area contributed by atoms with Crippen molar-refractivity contribution in [2.45, 2.75) is 32.2 Å². The minimum atomic E-state index is -3.37. The van der Waals surface area contributed by atoms with Crippen LogP contribution in [0.25, 0.3) is 0 Å². The molecule has 8 heteroatoms. The predicted molar refractivity (Wildman–Crippen MR) is 89.0 cm³/mol. The smallest absolute Gasteiger partial charge is 0.254 e. The molecular formula is C15H18ClN3O3S. The van der Waals surface area contributed by atoms with Gasteiger partial charge < -0.3 is 5.32 Å². The van der Waals surface area contributed by atoms with Crippen LogP contribution in [-0.2, 0) is 10.0 Å². The molecule has 23 heavy (non-hydrogen) atoms. The molecule has 1 amide bonds. The molecule has 0 atom stereocenters. The quantitative estimate of drug-likeness (QED) is 0.900. The molecule has 0 unspecified atom stereocenters. The van der Waals surface area contributed by atoms with Crippen LogP contribution < -0.4 is 9.62 Å². The largest absolute Gasteiger partial charge is 0.334 e. The van der Waals surface area contributed by atoms with Gasteiger partial charge in [-0.15, -0.1) is 0 Å². The van der Waals surface area contributed by atoms with Crippen LogP contribution in [0.15, 0.2) is 18.2 Å². The molecule has 1 aromatic rings. The molecule has 1 aromatic carbocycles. The van der Waals surface area contributed by atoms with Crippen molar-refractivity contribution >= 4 is 33.2 Å². The van der Waals surface area contributed by atoms with Gasteiger partial charge in [-0.1, -0.05) is 11.6 Å². The number of amides is 1. The van der Waals surface area contributed by atoms with Crippen LogP contribution in [0.1, 0.15) is 37.0 Å². The molecular weight excluding hydrogens is 338 g/mol. The van der Waals surface area contributed by atoms with Gasteiger partial charge in [0, 0.05) is 6.54 Å². The first-order valence-corrected chi connectivity index (χ1v) is 9.19. The first-order chi connectivity index (χ1) is 10.7. The predicted octanol–water partition coefficient (Wildman–Crippen LogP) is 2.30. The lowest BCUT2D eigenvalue weighted by Gasteiger charge is -2.28. The number of hydrogen-bond donors (Lipinski definition) is 1. The molecule has 124 valence electrons. The van der Waals surface area contributed by atoms with Gasteiger partial charge in [0.05, 0.1) is 28.1 Å². The van der Waals surface area contributed by atoms with Crippen LogP contribution in [-0.4, -0.2) is 32.2 Å². The molecule has 1 heterocycles. The van der Waals surface area contributed by atoms with E-state index in [4.69, 9.17) is 16.9 Å². The average molecular weight is 356 g/mol. The number of rotatable bonds is 3. The van der Waals surface area contributed by atoms with E-state index in [-0.39, 0.29) is 16.3 Å². The lowest BCUT2D eigenvalue weighted by Crippen LogP contribution is -2.42. The van der Waals surface area contributed by atoms with Crippen molar-refractivity contribution in [3.05, 3.63) is 28.8 Å². The topological polar surface area (TPSA) is 90.3 Å². The summed E-state index contributed by atoms with van der Waals surface area (Å²) in [5.74, 6) is -0.420. The molecule has 1 aliphatic heterocycles. The van der Waals surface area contributed by atoms with Crippen LogP contribution in [0.4, 0.5) is 5.69 Å². The third-order valence-electron chi connectivity index (χ3n) is 3.54. The molecule has 1 fully saturated rings. The summed E-state index contributed by atoms with van der Waals surface area (Å²) >= 11 is 6.06. The summed E-state index contributed by atoms with van der Waals surface area (Å²) < 4.78 is 25.7. The molecule has 0 radical (unpaired) electrons. The van der Waals surface area contributed by atoms with Gasteiger partial charge in [0.25, 0.3) is 5.91 Å². The maximum absolute atomic E-state index is 12.3. The van der Waals surface area contributed by atoms with Gasteiger partial charge in [-0.05, 0) is 44.9 Å². The number of nitrogens with zero attached hydrogens (tertiary/aromatic N) is 2. The van der Waals surface area contributed by atoms with Crippen LogP contribution in [0.3, 0.4) is 0 Å². The van der Waals surface area contributed by atoms with Crippen LogP contribution in [0.5, 0.6) is 0 Å². The lowest BCUT2D eigenvalue weighted by atomic mass is 10.1.